The number of hydrogen-bond acceptors (Lipinski definition) is 5. The SMILES string of the molecule is CC=O.CCC(C)C(=O)c1cccc(OCC2CNC2)c1C.[CH2-]/C=C(/C)C(C)CCC(=O)CC.[U]. The molecule has 2 atom stereocenters. The Bertz CT molecular complexity index is 787. The van der Waals surface area contributed by atoms with Crippen LogP contribution in [-0.4, -0.2) is 37.5 Å². The molecule has 2 unspecified atom stereocenters. The minimum atomic E-state index is 0. The Hall–Kier alpha value is -1.35. The van der Waals surface area contributed by atoms with E-state index in [1.54, 1.807) is 0 Å². The van der Waals surface area contributed by atoms with Gasteiger partial charge in [0.2, 0.25) is 0 Å². The summed E-state index contributed by atoms with van der Waals surface area (Å²) in [6, 6.07) is 5.77. The van der Waals surface area contributed by atoms with Crippen LogP contribution in [0.3, 0.4) is 0 Å². The number of benzene rings is 1. The topological polar surface area (TPSA) is 72.5 Å². The third kappa shape index (κ3) is 14.1. The summed E-state index contributed by atoms with van der Waals surface area (Å²) in [5.74, 6) is 2.60. The summed E-state index contributed by atoms with van der Waals surface area (Å²) in [6.07, 6.45) is 5.84. The summed E-state index contributed by atoms with van der Waals surface area (Å²) < 4.78 is 5.85. The molecule has 0 aliphatic carbocycles. The molecule has 2 rings (SSSR count). The number of Topliss-reactive ketones (excluding diaryl/α,β-unsaturated/α-hetero) is 2. The predicted octanol–water partition coefficient (Wildman–Crippen LogP) is 6.19. The number of carbonyl (C=O) groups is 3. The molecule has 1 aliphatic heterocycles. The molecule has 35 heavy (non-hydrogen) atoms. The standard InChI is InChI=1S/C16H23NO2.C11H19O.C2H4O.U/c1-4-11(2)16(18)14-6-5-7-15(12(14)3)19-10-13-8-17-9-13;1-5-9(3)10(4)7-8-11(12)6-2;1-2-3;/h5-7,11,13,17H,4,8-10H2,1-3H3;5,10H,1,6-8H2,2-4H3;2H,1H3;/q;-1;;/b;9-5-;;. The Morgan fingerprint density at radius 3 is 2.26 bits per heavy atom. The summed E-state index contributed by atoms with van der Waals surface area (Å²) in [4.78, 5) is 32.1. The van der Waals surface area contributed by atoms with E-state index < -0.39 is 0 Å². The average Bonchev–Trinajstić information content (AvgIpc) is 2.81. The molecule has 0 aromatic heterocycles. The van der Waals surface area contributed by atoms with Gasteiger partial charge in [-0.15, -0.1) is 6.92 Å². The van der Waals surface area contributed by atoms with E-state index in [1.165, 1.54) is 12.5 Å². The van der Waals surface area contributed by atoms with Crippen LogP contribution in [0.5, 0.6) is 5.75 Å². The maximum Gasteiger partial charge on any atom is 0.166 e. The Morgan fingerprint density at radius 2 is 1.80 bits per heavy atom. The molecule has 0 saturated carbocycles. The van der Waals surface area contributed by atoms with E-state index in [1.807, 2.05) is 52.0 Å². The first kappa shape index (κ1) is 35.8. The molecule has 5 nitrogen and oxygen atoms in total. The number of ketones is 2. The fraction of sp³-hybridized carbons (Fsp3) is 0.586. The zero-order valence-corrected chi connectivity index (χ0v) is 27.1. The van der Waals surface area contributed by atoms with Gasteiger partial charge in [0.05, 0.1) is 6.61 Å². The number of ether oxygens (including phenoxy) is 1. The average molecular weight is 711 g/mol. The summed E-state index contributed by atoms with van der Waals surface area (Å²) in [5.41, 5.74) is 3.05. The van der Waals surface area contributed by atoms with Crippen molar-refractivity contribution in [1.82, 2.24) is 5.32 Å². The number of carbonyl (C=O) groups excluding carboxylic acids is 3. The molecule has 1 saturated heterocycles. The summed E-state index contributed by atoms with van der Waals surface area (Å²) in [5, 5.41) is 3.23. The maximum absolute atomic E-state index is 12.3. The van der Waals surface area contributed by atoms with Crippen LogP contribution in [0.1, 0.15) is 83.1 Å². The van der Waals surface area contributed by atoms with Gasteiger partial charge in [0, 0.05) is 80.0 Å². The molecule has 1 aromatic rings. The van der Waals surface area contributed by atoms with Crippen LogP contribution < -0.4 is 10.1 Å². The van der Waals surface area contributed by atoms with Crippen LogP contribution >= 0.6 is 0 Å². The number of nitrogens with one attached hydrogen (secondary N) is 1. The van der Waals surface area contributed by atoms with Gasteiger partial charge in [0.1, 0.15) is 17.8 Å². The minimum Gasteiger partial charge on any atom is -0.493 e. The second-order valence-electron chi connectivity index (χ2n) is 8.95. The molecular formula is C29H46NO4U-. The van der Waals surface area contributed by atoms with E-state index in [0.717, 1.165) is 55.7 Å². The van der Waals surface area contributed by atoms with Gasteiger partial charge >= 0.3 is 0 Å². The molecular weight excluding hydrogens is 664 g/mol. The van der Waals surface area contributed by atoms with Gasteiger partial charge < -0.3 is 14.8 Å². The number of allylic oxidation sites excluding steroid dienone is 2. The molecule has 1 heterocycles. The molecule has 1 aliphatic rings. The first-order valence-corrected chi connectivity index (χ1v) is 12.5. The van der Waals surface area contributed by atoms with Crippen LogP contribution in [-0.2, 0) is 9.59 Å². The molecule has 0 amide bonds. The Morgan fingerprint density at radius 1 is 1.20 bits per heavy atom. The first-order valence-electron chi connectivity index (χ1n) is 12.5. The van der Waals surface area contributed by atoms with Crippen molar-refractivity contribution in [3.8, 4) is 5.75 Å². The predicted molar refractivity (Wildman–Crippen MR) is 141 cm³/mol. The monoisotopic (exact) mass is 710 g/mol. The zero-order chi connectivity index (χ0) is 26.1. The smallest absolute Gasteiger partial charge is 0.166 e. The molecule has 0 bridgehead atoms. The largest absolute Gasteiger partial charge is 0.493 e. The summed E-state index contributed by atoms with van der Waals surface area (Å²) in [7, 11) is 0. The Balaban J connectivity index is 0. The van der Waals surface area contributed by atoms with E-state index in [2.05, 4.69) is 26.1 Å². The van der Waals surface area contributed by atoms with Gasteiger partial charge in [-0.3, -0.25) is 9.59 Å². The number of hydrogen-bond donors (Lipinski definition) is 1. The van der Waals surface area contributed by atoms with Gasteiger partial charge in [-0.05, 0) is 26.3 Å². The van der Waals surface area contributed by atoms with Crippen molar-refractivity contribution in [3.63, 3.8) is 0 Å². The van der Waals surface area contributed by atoms with Crippen molar-refractivity contribution in [2.45, 2.75) is 74.1 Å². The van der Waals surface area contributed by atoms with Crippen LogP contribution in [0.25, 0.3) is 0 Å². The first-order chi connectivity index (χ1) is 16.2. The van der Waals surface area contributed by atoms with Gasteiger partial charge in [-0.2, -0.15) is 0 Å². The normalized spacial score (nSPS) is 14.4. The van der Waals surface area contributed by atoms with Crippen LogP contribution in [0.15, 0.2) is 29.8 Å². The fourth-order valence-electron chi connectivity index (χ4n) is 3.15. The summed E-state index contributed by atoms with van der Waals surface area (Å²) in [6.45, 7) is 20.1. The van der Waals surface area contributed by atoms with Crippen molar-refractivity contribution in [2.75, 3.05) is 19.7 Å². The van der Waals surface area contributed by atoms with Gasteiger partial charge in [0.15, 0.2) is 5.78 Å². The van der Waals surface area contributed by atoms with E-state index >= 15 is 0 Å². The molecule has 196 valence electrons. The summed E-state index contributed by atoms with van der Waals surface area (Å²) >= 11 is 0. The van der Waals surface area contributed by atoms with Crippen molar-refractivity contribution in [1.29, 1.82) is 0 Å². The molecule has 1 aromatic carbocycles. The molecule has 1 fully saturated rings. The Kier molecular flexibility index (Phi) is 21.3. The van der Waals surface area contributed by atoms with Gasteiger partial charge in [0.25, 0.3) is 0 Å². The van der Waals surface area contributed by atoms with E-state index in [0.29, 0.717) is 30.5 Å². The third-order valence-electron chi connectivity index (χ3n) is 6.30. The second-order valence-corrected chi connectivity index (χ2v) is 8.95. The quantitative estimate of drug-likeness (QED) is 0.169. The molecule has 1 N–H and O–H groups in total. The van der Waals surface area contributed by atoms with Crippen molar-refractivity contribution in [2.24, 2.45) is 17.8 Å². The van der Waals surface area contributed by atoms with Crippen molar-refractivity contribution >= 4 is 17.9 Å². The Labute approximate surface area is 237 Å². The van der Waals surface area contributed by atoms with E-state index in [4.69, 9.17) is 9.53 Å². The molecule has 0 radical (unpaired) electrons. The van der Waals surface area contributed by atoms with Crippen LogP contribution in [0.4, 0.5) is 0 Å². The van der Waals surface area contributed by atoms with E-state index in [-0.39, 0.29) is 42.8 Å². The fourth-order valence-corrected chi connectivity index (χ4v) is 3.15. The number of aldehydes is 1. The third-order valence-corrected chi connectivity index (χ3v) is 6.30. The van der Waals surface area contributed by atoms with Crippen LogP contribution in [0, 0.1) is 62.7 Å². The van der Waals surface area contributed by atoms with Gasteiger partial charge in [-0.25, -0.2) is 18.6 Å². The van der Waals surface area contributed by atoms with Gasteiger partial charge in [-0.1, -0.05) is 52.2 Å². The van der Waals surface area contributed by atoms with Crippen molar-refractivity contribution < 1.29 is 50.2 Å². The molecule has 0 spiro atoms. The van der Waals surface area contributed by atoms with Crippen molar-refractivity contribution in [3.05, 3.63) is 47.9 Å². The number of rotatable bonds is 11. The zero-order valence-electron chi connectivity index (χ0n) is 22.9. The molecule has 6 heteroatoms. The maximum atomic E-state index is 12.3. The second kappa shape index (κ2) is 20.8. The van der Waals surface area contributed by atoms with E-state index in [9.17, 15) is 9.59 Å². The minimum absolute atomic E-state index is 0. The van der Waals surface area contributed by atoms with Crippen LogP contribution in [0.2, 0.25) is 0 Å².